The van der Waals surface area contributed by atoms with Gasteiger partial charge in [0.25, 0.3) is 0 Å². The lowest BCUT2D eigenvalue weighted by molar-refractivity contribution is -0.137. The molecule has 0 spiro atoms. The van der Waals surface area contributed by atoms with Crippen LogP contribution in [-0.2, 0) is 4.79 Å². The quantitative estimate of drug-likeness (QED) is 0.351. The first-order valence-electron chi connectivity index (χ1n) is 9.76. The second-order valence-corrected chi connectivity index (χ2v) is 7.84. The van der Waals surface area contributed by atoms with Crippen molar-refractivity contribution in [3.05, 3.63) is 23.8 Å². The highest BCUT2D eigenvalue weighted by molar-refractivity contribution is 5.66. The number of carboxylic acids is 1. The average Bonchev–Trinajstić information content (AvgIpc) is 3.10. The minimum absolute atomic E-state index is 0.0845. The number of carboxylic acid groups (broad SMARTS) is 1. The summed E-state index contributed by atoms with van der Waals surface area (Å²) in [7, 11) is 0. The van der Waals surface area contributed by atoms with Crippen molar-refractivity contribution >= 4 is 5.97 Å². The van der Waals surface area contributed by atoms with E-state index in [0.29, 0.717) is 24.7 Å². The lowest BCUT2D eigenvalue weighted by Gasteiger charge is -2.19. The van der Waals surface area contributed by atoms with E-state index in [9.17, 15) is 15.0 Å². The van der Waals surface area contributed by atoms with Crippen molar-refractivity contribution in [1.29, 1.82) is 0 Å². The molecular weight excluding hydrogens is 328 g/mol. The Morgan fingerprint density at radius 1 is 1.38 bits per heavy atom. The first-order valence-corrected chi connectivity index (χ1v) is 9.76. The summed E-state index contributed by atoms with van der Waals surface area (Å²) in [6.07, 6.45) is 10.4. The van der Waals surface area contributed by atoms with Crippen LogP contribution in [0.3, 0.4) is 0 Å². The van der Waals surface area contributed by atoms with Crippen LogP contribution in [0.1, 0.15) is 58.8 Å². The maximum atomic E-state index is 10.6. The van der Waals surface area contributed by atoms with Gasteiger partial charge >= 0.3 is 5.97 Å². The number of aliphatic carboxylic acids is 1. The molecule has 0 aromatic rings. The molecule has 0 bridgehead atoms. The van der Waals surface area contributed by atoms with Gasteiger partial charge in [0, 0.05) is 18.8 Å². The minimum atomic E-state index is -0.738. The van der Waals surface area contributed by atoms with Crippen molar-refractivity contribution in [2.24, 2.45) is 23.7 Å². The second kappa shape index (κ2) is 9.94. The number of fused-ring (bicyclic) bond motifs is 1. The van der Waals surface area contributed by atoms with Crippen LogP contribution < -0.4 is 0 Å². The van der Waals surface area contributed by atoms with Crippen molar-refractivity contribution in [3.8, 4) is 11.8 Å². The molecule has 0 aromatic carbocycles. The average molecular weight is 360 g/mol. The van der Waals surface area contributed by atoms with Crippen molar-refractivity contribution in [2.45, 2.75) is 71.0 Å². The summed E-state index contributed by atoms with van der Waals surface area (Å²) in [5.74, 6) is 6.25. The predicted molar refractivity (Wildman–Crippen MR) is 102 cm³/mol. The van der Waals surface area contributed by atoms with Crippen LogP contribution in [0.5, 0.6) is 0 Å². The van der Waals surface area contributed by atoms with Crippen molar-refractivity contribution in [2.75, 3.05) is 0 Å². The standard InChI is InChI=1S/C22H32O4/c1-3-4-7-15(2)20(23)11-10-18-19-13-16(8-5-6-9-22(25)26)12-17(19)14-21(18)24/h8,10-11,15,17-21,23-24H,5-7,9,12-14H2,1-2H3,(H,25,26)/b11-10+,16-8?/t15?,17-,18?,19-,20+,21+/m0/s1. The van der Waals surface area contributed by atoms with Gasteiger partial charge in [0.15, 0.2) is 0 Å². The molecule has 2 rings (SSSR count). The Labute approximate surface area is 157 Å². The molecule has 4 heteroatoms. The van der Waals surface area contributed by atoms with Gasteiger partial charge in [-0.3, -0.25) is 4.79 Å². The van der Waals surface area contributed by atoms with Crippen LogP contribution in [0.15, 0.2) is 23.8 Å². The van der Waals surface area contributed by atoms with Gasteiger partial charge in [0.2, 0.25) is 0 Å². The molecule has 6 atom stereocenters. The van der Waals surface area contributed by atoms with Crippen LogP contribution in [0, 0.1) is 35.5 Å². The van der Waals surface area contributed by atoms with Gasteiger partial charge in [-0.1, -0.05) is 30.7 Å². The molecule has 0 aliphatic heterocycles. The van der Waals surface area contributed by atoms with Gasteiger partial charge in [-0.05, 0) is 56.8 Å². The molecule has 0 heterocycles. The van der Waals surface area contributed by atoms with Gasteiger partial charge < -0.3 is 15.3 Å². The highest BCUT2D eigenvalue weighted by atomic mass is 16.4. The SMILES string of the molecule is CC#CCC(C)[C@H](O)/C=C/C1[C@H](O)C[C@@H]2CC(=CCCCC(=O)O)C[C@H]12. The molecular formula is C22H32O4. The maximum Gasteiger partial charge on any atom is 0.303 e. The van der Waals surface area contributed by atoms with Gasteiger partial charge in [-0.2, -0.15) is 0 Å². The zero-order valence-electron chi connectivity index (χ0n) is 15.9. The highest BCUT2D eigenvalue weighted by Gasteiger charge is 2.44. The number of aliphatic hydroxyl groups is 2. The lowest BCUT2D eigenvalue weighted by atomic mass is 9.89. The fourth-order valence-electron chi connectivity index (χ4n) is 4.31. The summed E-state index contributed by atoms with van der Waals surface area (Å²) in [5, 5.41) is 29.4. The number of carbonyl (C=O) groups is 1. The Morgan fingerprint density at radius 2 is 2.15 bits per heavy atom. The first kappa shape index (κ1) is 20.7. The number of hydrogen-bond donors (Lipinski definition) is 3. The van der Waals surface area contributed by atoms with Gasteiger partial charge in [-0.25, -0.2) is 0 Å². The van der Waals surface area contributed by atoms with Crippen LogP contribution in [0.25, 0.3) is 0 Å². The molecule has 2 aliphatic rings. The normalized spacial score (nSPS) is 31.6. The van der Waals surface area contributed by atoms with E-state index in [-0.39, 0.29) is 24.4 Å². The molecule has 2 unspecified atom stereocenters. The van der Waals surface area contributed by atoms with Gasteiger partial charge in [0.1, 0.15) is 0 Å². The summed E-state index contributed by atoms with van der Waals surface area (Å²) in [4.78, 5) is 10.6. The smallest absolute Gasteiger partial charge is 0.303 e. The minimum Gasteiger partial charge on any atom is -0.481 e. The molecule has 0 radical (unpaired) electrons. The Balaban J connectivity index is 1.89. The fraction of sp³-hybridized carbons (Fsp3) is 0.682. The number of allylic oxidation sites excluding steroid dienone is 2. The summed E-state index contributed by atoms with van der Waals surface area (Å²) < 4.78 is 0. The van der Waals surface area contributed by atoms with E-state index in [0.717, 1.165) is 25.7 Å². The Morgan fingerprint density at radius 3 is 2.85 bits per heavy atom. The summed E-state index contributed by atoms with van der Waals surface area (Å²) in [6.45, 7) is 3.79. The first-order chi connectivity index (χ1) is 12.4. The molecule has 26 heavy (non-hydrogen) atoms. The Bertz CT molecular complexity index is 595. The molecule has 0 amide bonds. The van der Waals surface area contributed by atoms with Crippen LogP contribution in [0.4, 0.5) is 0 Å². The van der Waals surface area contributed by atoms with E-state index in [1.807, 2.05) is 19.1 Å². The molecule has 2 saturated carbocycles. The highest BCUT2D eigenvalue weighted by Crippen LogP contribution is 2.50. The van der Waals surface area contributed by atoms with Crippen molar-refractivity contribution < 1.29 is 20.1 Å². The van der Waals surface area contributed by atoms with E-state index >= 15 is 0 Å². The molecule has 0 aromatic heterocycles. The van der Waals surface area contributed by atoms with Crippen LogP contribution in [-0.4, -0.2) is 33.5 Å². The number of hydrogen-bond acceptors (Lipinski definition) is 3. The maximum absolute atomic E-state index is 10.6. The third-order valence-electron chi connectivity index (χ3n) is 5.85. The molecule has 2 aliphatic carbocycles. The monoisotopic (exact) mass is 360 g/mol. The van der Waals surface area contributed by atoms with E-state index < -0.39 is 12.1 Å². The van der Waals surface area contributed by atoms with Crippen LogP contribution >= 0.6 is 0 Å². The van der Waals surface area contributed by atoms with E-state index in [1.54, 1.807) is 6.92 Å². The third kappa shape index (κ3) is 5.72. The molecule has 144 valence electrons. The summed E-state index contributed by atoms with van der Waals surface area (Å²) >= 11 is 0. The number of rotatable bonds is 8. The number of unbranched alkanes of at least 4 members (excludes halogenated alkanes) is 1. The Hall–Kier alpha value is -1.57. The predicted octanol–water partition coefficient (Wildman–Crippen LogP) is 3.54. The Kier molecular flexibility index (Phi) is 7.93. The van der Waals surface area contributed by atoms with Gasteiger partial charge in [-0.15, -0.1) is 11.8 Å². The topological polar surface area (TPSA) is 77.8 Å². The van der Waals surface area contributed by atoms with E-state index in [2.05, 4.69) is 17.9 Å². The molecule has 4 nitrogen and oxygen atoms in total. The van der Waals surface area contributed by atoms with Gasteiger partial charge in [0.05, 0.1) is 12.2 Å². The largest absolute Gasteiger partial charge is 0.481 e. The molecule has 3 N–H and O–H groups in total. The zero-order chi connectivity index (χ0) is 19.1. The van der Waals surface area contributed by atoms with E-state index in [1.165, 1.54) is 5.57 Å². The number of aliphatic hydroxyl groups excluding tert-OH is 2. The molecule has 0 saturated heterocycles. The fourth-order valence-corrected chi connectivity index (χ4v) is 4.31. The third-order valence-corrected chi connectivity index (χ3v) is 5.85. The van der Waals surface area contributed by atoms with Crippen LogP contribution in [0.2, 0.25) is 0 Å². The summed E-state index contributed by atoms with van der Waals surface area (Å²) in [5.41, 5.74) is 1.41. The second-order valence-electron chi connectivity index (χ2n) is 7.84. The van der Waals surface area contributed by atoms with Crippen molar-refractivity contribution in [3.63, 3.8) is 0 Å². The van der Waals surface area contributed by atoms with E-state index in [4.69, 9.17) is 5.11 Å². The summed E-state index contributed by atoms with van der Waals surface area (Å²) in [6, 6.07) is 0. The zero-order valence-corrected chi connectivity index (χ0v) is 15.9. The van der Waals surface area contributed by atoms with Crippen molar-refractivity contribution in [1.82, 2.24) is 0 Å². The lowest BCUT2D eigenvalue weighted by Crippen LogP contribution is -2.19. The molecule has 2 fully saturated rings.